The van der Waals surface area contributed by atoms with Crippen molar-refractivity contribution >= 4 is 21.6 Å². The molecule has 6 heteroatoms. The van der Waals surface area contributed by atoms with Crippen LogP contribution in [0.15, 0.2) is 29.2 Å². The third-order valence-electron chi connectivity index (χ3n) is 3.55. The van der Waals surface area contributed by atoms with Crippen LogP contribution in [0, 0.1) is 0 Å². The summed E-state index contributed by atoms with van der Waals surface area (Å²) >= 11 is 6.01. The number of nitrogens with one attached hydrogen (secondary N) is 1. The molecule has 0 saturated carbocycles. The molecule has 0 amide bonds. The first-order valence-electron chi connectivity index (χ1n) is 6.47. The molecule has 1 aromatic carbocycles. The van der Waals surface area contributed by atoms with E-state index in [-0.39, 0.29) is 16.0 Å². The zero-order valence-corrected chi connectivity index (χ0v) is 12.5. The summed E-state index contributed by atoms with van der Waals surface area (Å²) in [6.07, 6.45) is 2.71. The molecule has 0 radical (unpaired) electrons. The lowest BCUT2D eigenvalue weighted by atomic mass is 10.1. The Hall–Kier alpha value is -0.620. The molecule has 4 nitrogen and oxygen atoms in total. The van der Waals surface area contributed by atoms with Gasteiger partial charge in [-0.2, -0.15) is 4.31 Å². The summed E-state index contributed by atoms with van der Waals surface area (Å²) in [5, 5.41) is 3.57. The van der Waals surface area contributed by atoms with Crippen LogP contribution in [0.2, 0.25) is 5.02 Å². The average molecular weight is 303 g/mol. The largest absolute Gasteiger partial charge is 0.317 e. The highest BCUT2D eigenvalue weighted by Crippen LogP contribution is 2.26. The number of rotatable bonds is 3. The second kappa shape index (κ2) is 6.22. The maximum absolute atomic E-state index is 12.6. The van der Waals surface area contributed by atoms with Gasteiger partial charge >= 0.3 is 0 Å². The van der Waals surface area contributed by atoms with Crippen molar-refractivity contribution in [1.29, 1.82) is 0 Å². The van der Waals surface area contributed by atoms with E-state index < -0.39 is 10.0 Å². The lowest BCUT2D eigenvalue weighted by molar-refractivity contribution is 0.341. The lowest BCUT2D eigenvalue weighted by Crippen LogP contribution is -2.37. The highest BCUT2D eigenvalue weighted by molar-refractivity contribution is 7.89. The molecule has 1 heterocycles. The molecule has 0 bridgehead atoms. The maximum atomic E-state index is 12.6. The lowest BCUT2D eigenvalue weighted by Gasteiger charge is -2.26. The molecule has 1 aliphatic heterocycles. The fourth-order valence-electron chi connectivity index (χ4n) is 2.37. The standard InChI is InChI=1S/C13H19ClN2O2S/c1-16(11-5-4-9-15-10-8-11)19(17,18)13-7-3-2-6-12(13)14/h2-3,6-7,11,15H,4-5,8-10H2,1H3. The Kier molecular flexibility index (Phi) is 4.84. The van der Waals surface area contributed by atoms with Gasteiger partial charge in [0, 0.05) is 13.1 Å². The first-order valence-corrected chi connectivity index (χ1v) is 8.28. The van der Waals surface area contributed by atoms with Gasteiger partial charge in [0.25, 0.3) is 0 Å². The third-order valence-corrected chi connectivity index (χ3v) is 5.96. The zero-order chi connectivity index (χ0) is 13.9. The van der Waals surface area contributed by atoms with Gasteiger partial charge in [-0.1, -0.05) is 23.7 Å². The van der Waals surface area contributed by atoms with E-state index in [1.54, 1.807) is 31.3 Å². The third kappa shape index (κ3) is 3.28. The van der Waals surface area contributed by atoms with Crippen LogP contribution in [0.25, 0.3) is 0 Å². The van der Waals surface area contributed by atoms with E-state index in [0.717, 1.165) is 32.4 Å². The molecule has 0 aromatic heterocycles. The van der Waals surface area contributed by atoms with Crippen LogP contribution < -0.4 is 5.32 Å². The summed E-state index contributed by atoms with van der Waals surface area (Å²) < 4.78 is 26.6. The predicted molar refractivity (Wildman–Crippen MR) is 76.9 cm³/mol. The molecule has 1 saturated heterocycles. The fourth-order valence-corrected chi connectivity index (χ4v) is 4.28. The van der Waals surface area contributed by atoms with Gasteiger partial charge in [0.05, 0.1) is 5.02 Å². The highest BCUT2D eigenvalue weighted by atomic mass is 35.5. The molecule has 0 aliphatic carbocycles. The summed E-state index contributed by atoms with van der Waals surface area (Å²) in [5.74, 6) is 0. The molecular formula is C13H19ClN2O2S. The minimum Gasteiger partial charge on any atom is -0.317 e. The number of hydrogen-bond donors (Lipinski definition) is 1. The molecule has 0 spiro atoms. The van der Waals surface area contributed by atoms with E-state index in [1.165, 1.54) is 4.31 Å². The van der Waals surface area contributed by atoms with Crippen molar-refractivity contribution in [3.8, 4) is 0 Å². The number of nitrogens with zero attached hydrogens (tertiary/aromatic N) is 1. The summed E-state index contributed by atoms with van der Waals surface area (Å²) in [7, 11) is -1.86. The predicted octanol–water partition coefficient (Wildman–Crippen LogP) is 2.10. The van der Waals surface area contributed by atoms with Crippen molar-refractivity contribution in [2.24, 2.45) is 0 Å². The van der Waals surface area contributed by atoms with Gasteiger partial charge in [0.2, 0.25) is 10.0 Å². The van der Waals surface area contributed by atoms with Crippen LogP contribution in [-0.4, -0.2) is 38.9 Å². The Labute approximate surface area is 119 Å². The Bertz CT molecular complexity index is 525. The van der Waals surface area contributed by atoms with Crippen molar-refractivity contribution in [2.45, 2.75) is 30.2 Å². The summed E-state index contributed by atoms with van der Waals surface area (Å²) in [6, 6.07) is 6.63. The smallest absolute Gasteiger partial charge is 0.244 e. The van der Waals surface area contributed by atoms with E-state index in [1.807, 2.05) is 0 Å². The topological polar surface area (TPSA) is 49.4 Å². The Morgan fingerprint density at radius 2 is 2.00 bits per heavy atom. The molecule has 1 aromatic rings. The van der Waals surface area contributed by atoms with Crippen molar-refractivity contribution in [1.82, 2.24) is 9.62 Å². The molecule has 2 rings (SSSR count). The molecule has 19 heavy (non-hydrogen) atoms. The van der Waals surface area contributed by atoms with Gasteiger partial charge in [-0.15, -0.1) is 0 Å². The number of hydrogen-bond acceptors (Lipinski definition) is 3. The number of halogens is 1. The van der Waals surface area contributed by atoms with Crippen LogP contribution >= 0.6 is 11.6 Å². The van der Waals surface area contributed by atoms with Crippen LogP contribution in [-0.2, 0) is 10.0 Å². The molecular weight excluding hydrogens is 284 g/mol. The normalized spacial score (nSPS) is 21.3. The van der Waals surface area contributed by atoms with Crippen LogP contribution in [0.4, 0.5) is 0 Å². The van der Waals surface area contributed by atoms with E-state index >= 15 is 0 Å². The first kappa shape index (κ1) is 14.8. The number of sulfonamides is 1. The Morgan fingerprint density at radius 3 is 2.74 bits per heavy atom. The van der Waals surface area contributed by atoms with Gasteiger partial charge in [-0.3, -0.25) is 0 Å². The van der Waals surface area contributed by atoms with E-state index in [2.05, 4.69) is 5.32 Å². The zero-order valence-electron chi connectivity index (χ0n) is 11.0. The second-order valence-electron chi connectivity index (χ2n) is 4.79. The highest BCUT2D eigenvalue weighted by Gasteiger charge is 2.29. The van der Waals surface area contributed by atoms with Crippen molar-refractivity contribution < 1.29 is 8.42 Å². The van der Waals surface area contributed by atoms with Gasteiger partial charge < -0.3 is 5.32 Å². The van der Waals surface area contributed by atoms with E-state index in [9.17, 15) is 8.42 Å². The summed E-state index contributed by atoms with van der Waals surface area (Å²) in [5.41, 5.74) is 0. The minimum atomic E-state index is -3.51. The Morgan fingerprint density at radius 1 is 1.26 bits per heavy atom. The Balaban J connectivity index is 2.26. The molecule has 1 N–H and O–H groups in total. The quantitative estimate of drug-likeness (QED) is 0.930. The van der Waals surface area contributed by atoms with E-state index in [4.69, 9.17) is 11.6 Å². The SMILES string of the molecule is CN(C1CCCNCC1)S(=O)(=O)c1ccccc1Cl. The van der Waals surface area contributed by atoms with Crippen molar-refractivity contribution in [3.63, 3.8) is 0 Å². The van der Waals surface area contributed by atoms with Crippen molar-refractivity contribution in [3.05, 3.63) is 29.3 Å². The second-order valence-corrected chi connectivity index (χ2v) is 7.16. The van der Waals surface area contributed by atoms with Gasteiger partial charge in [0.1, 0.15) is 4.90 Å². The molecule has 1 aliphatic rings. The summed E-state index contributed by atoms with van der Waals surface area (Å²) in [6.45, 7) is 1.81. The van der Waals surface area contributed by atoms with Gasteiger partial charge in [-0.25, -0.2) is 8.42 Å². The fraction of sp³-hybridized carbons (Fsp3) is 0.538. The molecule has 1 atom stereocenters. The summed E-state index contributed by atoms with van der Waals surface area (Å²) in [4.78, 5) is 0.191. The monoisotopic (exact) mass is 302 g/mol. The molecule has 1 fully saturated rings. The van der Waals surface area contributed by atoms with Crippen molar-refractivity contribution in [2.75, 3.05) is 20.1 Å². The van der Waals surface area contributed by atoms with Crippen LogP contribution in [0.1, 0.15) is 19.3 Å². The van der Waals surface area contributed by atoms with Gasteiger partial charge in [0.15, 0.2) is 0 Å². The van der Waals surface area contributed by atoms with Crippen LogP contribution in [0.3, 0.4) is 0 Å². The van der Waals surface area contributed by atoms with Crippen LogP contribution in [0.5, 0.6) is 0 Å². The van der Waals surface area contributed by atoms with Gasteiger partial charge in [-0.05, 0) is 44.5 Å². The van der Waals surface area contributed by atoms with E-state index in [0.29, 0.717) is 0 Å². The first-order chi connectivity index (χ1) is 9.03. The average Bonchev–Trinajstić information content (AvgIpc) is 2.67. The maximum Gasteiger partial charge on any atom is 0.244 e. The number of benzene rings is 1. The molecule has 106 valence electrons. The molecule has 1 unspecified atom stereocenters. The minimum absolute atomic E-state index is 0.0382.